The maximum Gasteiger partial charge on any atom is 0.0900 e. The Morgan fingerprint density at radius 1 is 0.917 bits per heavy atom. The van der Waals surface area contributed by atoms with Crippen LogP contribution in [0.15, 0.2) is 60.7 Å². The summed E-state index contributed by atoms with van der Waals surface area (Å²) in [6, 6.07) is 20.1. The van der Waals surface area contributed by atoms with Gasteiger partial charge in [0, 0.05) is 26.2 Å². The predicted molar refractivity (Wildman–Crippen MR) is 95.5 cm³/mol. The summed E-state index contributed by atoms with van der Waals surface area (Å²) in [7, 11) is 0. The van der Waals surface area contributed by atoms with E-state index in [-0.39, 0.29) is 6.61 Å². The molecule has 0 aliphatic carbocycles. The summed E-state index contributed by atoms with van der Waals surface area (Å²) in [6.45, 7) is 3.01. The van der Waals surface area contributed by atoms with E-state index in [0.717, 1.165) is 18.7 Å². The number of rotatable bonds is 11. The fourth-order valence-corrected chi connectivity index (χ4v) is 2.61. The highest BCUT2D eigenvalue weighted by Crippen LogP contribution is 2.07. The second-order valence-electron chi connectivity index (χ2n) is 5.95. The highest BCUT2D eigenvalue weighted by atomic mass is 16.5. The fourth-order valence-electron chi connectivity index (χ4n) is 2.61. The van der Waals surface area contributed by atoms with Gasteiger partial charge in [-0.1, -0.05) is 60.7 Å². The molecule has 0 radical (unpaired) electrons. The molecule has 1 atom stereocenters. The quantitative estimate of drug-likeness (QED) is 0.665. The molecule has 0 aliphatic heterocycles. The number of aliphatic hydroxyl groups excluding tert-OH is 2. The summed E-state index contributed by atoms with van der Waals surface area (Å²) in [5.41, 5.74) is 2.30. The van der Waals surface area contributed by atoms with Crippen molar-refractivity contribution in [2.45, 2.75) is 25.7 Å². The molecule has 4 heteroatoms. The van der Waals surface area contributed by atoms with Gasteiger partial charge in [-0.15, -0.1) is 0 Å². The van der Waals surface area contributed by atoms with Gasteiger partial charge in [-0.05, 0) is 17.5 Å². The molecule has 0 saturated heterocycles. The molecule has 1 unspecified atom stereocenters. The first-order chi connectivity index (χ1) is 11.8. The van der Waals surface area contributed by atoms with Crippen LogP contribution in [-0.2, 0) is 17.9 Å². The summed E-state index contributed by atoms with van der Waals surface area (Å²) < 4.78 is 5.61. The first kappa shape index (κ1) is 18.6. The van der Waals surface area contributed by atoms with E-state index in [2.05, 4.69) is 17.0 Å². The molecule has 0 fully saturated rings. The van der Waals surface area contributed by atoms with Crippen molar-refractivity contribution < 1.29 is 14.9 Å². The SMILES string of the molecule is OCCCN(Cc1ccccc1)CC(O)COCc1ccccc1. The van der Waals surface area contributed by atoms with Crippen molar-refractivity contribution >= 4 is 0 Å². The van der Waals surface area contributed by atoms with Crippen molar-refractivity contribution in [1.82, 2.24) is 4.90 Å². The molecule has 2 aromatic rings. The van der Waals surface area contributed by atoms with Crippen LogP contribution in [0.3, 0.4) is 0 Å². The van der Waals surface area contributed by atoms with E-state index >= 15 is 0 Å². The molecule has 130 valence electrons. The van der Waals surface area contributed by atoms with Crippen LogP contribution in [-0.4, -0.2) is 47.5 Å². The molecule has 2 aromatic carbocycles. The summed E-state index contributed by atoms with van der Waals surface area (Å²) in [5.74, 6) is 0. The van der Waals surface area contributed by atoms with Crippen LogP contribution in [0.4, 0.5) is 0 Å². The third-order valence-electron chi connectivity index (χ3n) is 3.77. The molecular weight excluding hydrogens is 302 g/mol. The largest absolute Gasteiger partial charge is 0.396 e. The number of aliphatic hydroxyl groups is 2. The van der Waals surface area contributed by atoms with Gasteiger partial charge in [0.05, 0.1) is 19.3 Å². The zero-order valence-electron chi connectivity index (χ0n) is 14.1. The smallest absolute Gasteiger partial charge is 0.0900 e. The van der Waals surface area contributed by atoms with Crippen LogP contribution in [0.2, 0.25) is 0 Å². The van der Waals surface area contributed by atoms with Crippen LogP contribution in [0.25, 0.3) is 0 Å². The van der Waals surface area contributed by atoms with Crippen molar-refractivity contribution in [2.75, 3.05) is 26.3 Å². The maximum absolute atomic E-state index is 10.2. The van der Waals surface area contributed by atoms with E-state index in [9.17, 15) is 5.11 Å². The monoisotopic (exact) mass is 329 g/mol. The highest BCUT2D eigenvalue weighted by molar-refractivity contribution is 5.14. The van der Waals surface area contributed by atoms with Gasteiger partial charge in [-0.25, -0.2) is 0 Å². The Labute approximate surface area is 144 Å². The molecule has 0 heterocycles. The van der Waals surface area contributed by atoms with Crippen LogP contribution in [0.1, 0.15) is 17.5 Å². The third kappa shape index (κ3) is 7.23. The van der Waals surface area contributed by atoms with Crippen molar-refractivity contribution in [3.05, 3.63) is 71.8 Å². The van der Waals surface area contributed by atoms with E-state index in [1.165, 1.54) is 5.56 Å². The van der Waals surface area contributed by atoms with Gasteiger partial charge in [-0.2, -0.15) is 0 Å². The minimum absolute atomic E-state index is 0.159. The summed E-state index contributed by atoms with van der Waals surface area (Å²) in [5, 5.41) is 19.3. The molecule has 2 rings (SSSR count). The number of nitrogens with zero attached hydrogens (tertiary/aromatic N) is 1. The van der Waals surface area contributed by atoms with Gasteiger partial charge < -0.3 is 14.9 Å². The van der Waals surface area contributed by atoms with Crippen LogP contribution in [0, 0.1) is 0 Å². The molecule has 4 nitrogen and oxygen atoms in total. The maximum atomic E-state index is 10.2. The lowest BCUT2D eigenvalue weighted by Crippen LogP contribution is -2.35. The molecule has 0 saturated carbocycles. The van der Waals surface area contributed by atoms with E-state index in [1.807, 2.05) is 48.5 Å². The molecular formula is C20H27NO3. The lowest BCUT2D eigenvalue weighted by Gasteiger charge is -2.25. The third-order valence-corrected chi connectivity index (χ3v) is 3.77. The molecule has 2 N–H and O–H groups in total. The Kier molecular flexibility index (Phi) is 8.49. The lowest BCUT2D eigenvalue weighted by molar-refractivity contribution is 0.00773. The minimum Gasteiger partial charge on any atom is -0.396 e. The van der Waals surface area contributed by atoms with Crippen LogP contribution >= 0.6 is 0 Å². The van der Waals surface area contributed by atoms with Crippen LogP contribution in [0.5, 0.6) is 0 Å². The van der Waals surface area contributed by atoms with Crippen LogP contribution < -0.4 is 0 Å². The average molecular weight is 329 g/mol. The number of hydrogen-bond donors (Lipinski definition) is 2. The second kappa shape index (κ2) is 10.9. The summed E-state index contributed by atoms with van der Waals surface area (Å²) in [4.78, 5) is 2.15. The van der Waals surface area contributed by atoms with Crippen molar-refractivity contribution in [2.24, 2.45) is 0 Å². The second-order valence-corrected chi connectivity index (χ2v) is 5.95. The molecule has 24 heavy (non-hydrogen) atoms. The Morgan fingerprint density at radius 3 is 2.17 bits per heavy atom. The molecule has 0 aromatic heterocycles. The topological polar surface area (TPSA) is 52.9 Å². The highest BCUT2D eigenvalue weighted by Gasteiger charge is 2.12. The first-order valence-electron chi connectivity index (χ1n) is 8.45. The Bertz CT molecular complexity index is 547. The Hall–Kier alpha value is -1.72. The Morgan fingerprint density at radius 2 is 1.54 bits per heavy atom. The van der Waals surface area contributed by atoms with Gasteiger partial charge in [0.15, 0.2) is 0 Å². The fraction of sp³-hybridized carbons (Fsp3) is 0.400. The summed E-state index contributed by atoms with van der Waals surface area (Å²) in [6.07, 6.45) is 0.154. The zero-order chi connectivity index (χ0) is 17.0. The van der Waals surface area contributed by atoms with E-state index in [0.29, 0.717) is 26.2 Å². The van der Waals surface area contributed by atoms with Crippen molar-refractivity contribution in [3.8, 4) is 0 Å². The summed E-state index contributed by atoms with van der Waals surface area (Å²) >= 11 is 0. The first-order valence-corrected chi connectivity index (χ1v) is 8.45. The standard InChI is InChI=1S/C20H27NO3/c22-13-7-12-21(14-18-8-3-1-4-9-18)15-20(23)17-24-16-19-10-5-2-6-11-19/h1-6,8-11,20,22-23H,7,12-17H2. The minimum atomic E-state index is -0.545. The number of benzene rings is 2. The zero-order valence-corrected chi connectivity index (χ0v) is 14.1. The normalized spacial score (nSPS) is 12.5. The van der Waals surface area contributed by atoms with E-state index < -0.39 is 6.10 Å². The lowest BCUT2D eigenvalue weighted by atomic mass is 10.2. The van der Waals surface area contributed by atoms with Crippen molar-refractivity contribution in [3.63, 3.8) is 0 Å². The molecule has 0 amide bonds. The van der Waals surface area contributed by atoms with Gasteiger partial charge in [0.1, 0.15) is 0 Å². The average Bonchev–Trinajstić information content (AvgIpc) is 2.61. The van der Waals surface area contributed by atoms with Gasteiger partial charge in [-0.3, -0.25) is 4.90 Å². The van der Waals surface area contributed by atoms with E-state index in [1.54, 1.807) is 0 Å². The molecule has 0 bridgehead atoms. The predicted octanol–water partition coefficient (Wildman–Crippen LogP) is 2.45. The van der Waals surface area contributed by atoms with Crippen molar-refractivity contribution in [1.29, 1.82) is 0 Å². The molecule has 0 aliphatic rings. The van der Waals surface area contributed by atoms with Gasteiger partial charge in [0.2, 0.25) is 0 Å². The Balaban J connectivity index is 1.77. The van der Waals surface area contributed by atoms with Gasteiger partial charge >= 0.3 is 0 Å². The number of hydrogen-bond acceptors (Lipinski definition) is 4. The number of ether oxygens (including phenoxy) is 1. The van der Waals surface area contributed by atoms with Gasteiger partial charge in [0.25, 0.3) is 0 Å². The molecule has 0 spiro atoms. The van der Waals surface area contributed by atoms with E-state index in [4.69, 9.17) is 9.84 Å².